The van der Waals surface area contributed by atoms with Gasteiger partial charge in [0.25, 0.3) is 0 Å². The molecule has 0 aliphatic rings. The summed E-state index contributed by atoms with van der Waals surface area (Å²) < 4.78 is 5.49. The molecule has 4 nitrogen and oxygen atoms in total. The quantitative estimate of drug-likeness (QED) is 0.732. The minimum Gasteiger partial charge on any atom is -0.459 e. The number of aliphatic hydroxyl groups is 1. The molecule has 1 amide bonds. The van der Waals surface area contributed by atoms with E-state index >= 15 is 0 Å². The topological polar surface area (TPSA) is 62.5 Å². The molecule has 0 bridgehead atoms. The Balaban J connectivity index is 2.11. The minimum absolute atomic E-state index is 0.00258. The average molecular weight is 322 g/mol. The summed E-state index contributed by atoms with van der Waals surface area (Å²) in [7, 11) is 0. The number of rotatable bonds is 7. The van der Waals surface area contributed by atoms with E-state index in [1.165, 1.54) is 0 Å². The van der Waals surface area contributed by atoms with Gasteiger partial charge in [0.15, 0.2) is 0 Å². The highest BCUT2D eigenvalue weighted by Gasteiger charge is 2.11. The highest BCUT2D eigenvalue weighted by molar-refractivity contribution is 6.33. The van der Waals surface area contributed by atoms with E-state index in [1.54, 1.807) is 30.3 Å². The molecule has 1 aromatic heterocycles. The van der Waals surface area contributed by atoms with E-state index in [0.717, 1.165) is 19.3 Å². The van der Waals surface area contributed by atoms with E-state index in [4.69, 9.17) is 21.1 Å². The van der Waals surface area contributed by atoms with Crippen molar-refractivity contribution in [2.45, 2.75) is 39.2 Å². The lowest BCUT2D eigenvalue weighted by molar-refractivity contribution is -0.116. The van der Waals surface area contributed by atoms with Gasteiger partial charge in [0.1, 0.15) is 18.1 Å². The molecule has 2 N–H and O–H groups in total. The average Bonchev–Trinajstić information content (AvgIpc) is 2.98. The molecule has 0 unspecified atom stereocenters. The van der Waals surface area contributed by atoms with Crippen molar-refractivity contribution in [1.82, 2.24) is 0 Å². The van der Waals surface area contributed by atoms with Crippen molar-refractivity contribution >= 4 is 23.2 Å². The minimum atomic E-state index is -0.161. The fourth-order valence-corrected chi connectivity index (χ4v) is 2.37. The molecule has 118 valence electrons. The van der Waals surface area contributed by atoms with E-state index in [2.05, 4.69) is 12.2 Å². The van der Waals surface area contributed by atoms with Crippen molar-refractivity contribution in [3.63, 3.8) is 0 Å². The Kier molecular flexibility index (Phi) is 6.04. The van der Waals surface area contributed by atoms with Crippen molar-refractivity contribution in [3.8, 4) is 11.3 Å². The molecule has 0 aliphatic heterocycles. The number of carbonyl (C=O) groups is 1. The third-order valence-corrected chi connectivity index (χ3v) is 3.67. The van der Waals surface area contributed by atoms with Crippen molar-refractivity contribution in [2.24, 2.45) is 0 Å². The van der Waals surface area contributed by atoms with Gasteiger partial charge in [0.2, 0.25) is 5.91 Å². The highest BCUT2D eigenvalue weighted by Crippen LogP contribution is 2.32. The molecule has 1 aromatic carbocycles. The fraction of sp³-hybridized carbons (Fsp3) is 0.353. The number of aliphatic hydroxyl groups excluding tert-OH is 1. The van der Waals surface area contributed by atoms with Crippen LogP contribution in [0.3, 0.4) is 0 Å². The Morgan fingerprint density at radius 3 is 2.77 bits per heavy atom. The lowest BCUT2D eigenvalue weighted by Gasteiger charge is -2.08. The summed E-state index contributed by atoms with van der Waals surface area (Å²) in [5, 5.41) is 12.5. The molecule has 0 spiro atoms. The Morgan fingerprint density at radius 1 is 1.27 bits per heavy atom. The van der Waals surface area contributed by atoms with Crippen LogP contribution in [0.4, 0.5) is 5.69 Å². The van der Waals surface area contributed by atoms with Gasteiger partial charge in [-0.2, -0.15) is 0 Å². The number of hydrogen-bond acceptors (Lipinski definition) is 3. The smallest absolute Gasteiger partial charge is 0.224 e. The summed E-state index contributed by atoms with van der Waals surface area (Å²) in [5.74, 6) is 1.04. The molecule has 0 aliphatic carbocycles. The van der Waals surface area contributed by atoms with Crippen molar-refractivity contribution in [1.29, 1.82) is 0 Å². The van der Waals surface area contributed by atoms with Gasteiger partial charge in [-0.25, -0.2) is 0 Å². The van der Waals surface area contributed by atoms with Gasteiger partial charge in [0, 0.05) is 17.7 Å². The molecule has 0 saturated carbocycles. The van der Waals surface area contributed by atoms with E-state index in [-0.39, 0.29) is 12.5 Å². The molecule has 2 aromatic rings. The largest absolute Gasteiger partial charge is 0.459 e. The first-order chi connectivity index (χ1) is 10.6. The molecule has 0 fully saturated rings. The lowest BCUT2D eigenvalue weighted by Crippen LogP contribution is -2.11. The fourth-order valence-electron chi connectivity index (χ4n) is 2.16. The molecule has 0 radical (unpaired) electrons. The zero-order chi connectivity index (χ0) is 15.9. The first-order valence-corrected chi connectivity index (χ1v) is 7.81. The van der Waals surface area contributed by atoms with Gasteiger partial charge in [0.05, 0.1) is 5.02 Å². The van der Waals surface area contributed by atoms with Crippen molar-refractivity contribution < 1.29 is 14.3 Å². The Bertz CT molecular complexity index is 637. The molecule has 0 saturated heterocycles. The van der Waals surface area contributed by atoms with Crippen LogP contribution in [0.1, 0.15) is 38.4 Å². The molecular formula is C17H20ClNO3. The summed E-state index contributed by atoms with van der Waals surface area (Å²) in [6.07, 6.45) is 3.54. The number of unbranched alkanes of at least 4 members (excludes halogenated alkanes) is 2. The van der Waals surface area contributed by atoms with Crippen LogP contribution in [0.2, 0.25) is 5.02 Å². The highest BCUT2D eigenvalue weighted by atomic mass is 35.5. The monoisotopic (exact) mass is 321 g/mol. The normalized spacial score (nSPS) is 10.7. The number of furan rings is 1. The van der Waals surface area contributed by atoms with Crippen LogP contribution >= 0.6 is 11.6 Å². The molecule has 5 heteroatoms. The van der Waals surface area contributed by atoms with Crippen molar-refractivity contribution in [3.05, 3.63) is 41.1 Å². The van der Waals surface area contributed by atoms with Gasteiger partial charge in [-0.3, -0.25) is 4.79 Å². The van der Waals surface area contributed by atoms with Crippen LogP contribution in [-0.2, 0) is 11.4 Å². The van der Waals surface area contributed by atoms with Crippen LogP contribution in [0.25, 0.3) is 11.3 Å². The van der Waals surface area contributed by atoms with Crippen LogP contribution in [0.5, 0.6) is 0 Å². The zero-order valence-corrected chi connectivity index (χ0v) is 13.3. The number of amides is 1. The second kappa shape index (κ2) is 8.01. The summed E-state index contributed by atoms with van der Waals surface area (Å²) in [6.45, 7) is 1.94. The van der Waals surface area contributed by atoms with E-state index in [1.807, 2.05) is 0 Å². The van der Waals surface area contributed by atoms with Gasteiger partial charge in [-0.1, -0.05) is 31.4 Å². The van der Waals surface area contributed by atoms with Gasteiger partial charge >= 0.3 is 0 Å². The maximum Gasteiger partial charge on any atom is 0.224 e. The maximum absolute atomic E-state index is 11.9. The number of benzene rings is 1. The Labute approximate surface area is 135 Å². The second-order valence-electron chi connectivity index (χ2n) is 5.12. The number of hydrogen-bond donors (Lipinski definition) is 2. The van der Waals surface area contributed by atoms with Gasteiger partial charge < -0.3 is 14.8 Å². The molecule has 2 rings (SSSR count). The van der Waals surface area contributed by atoms with Gasteiger partial charge in [-0.15, -0.1) is 0 Å². The first kappa shape index (κ1) is 16.6. The van der Waals surface area contributed by atoms with Crippen molar-refractivity contribution in [2.75, 3.05) is 5.32 Å². The Morgan fingerprint density at radius 2 is 2.09 bits per heavy atom. The van der Waals surface area contributed by atoms with Crippen LogP contribution in [0.15, 0.2) is 34.7 Å². The predicted molar refractivity (Wildman–Crippen MR) is 87.8 cm³/mol. The van der Waals surface area contributed by atoms with E-state index in [0.29, 0.717) is 34.2 Å². The van der Waals surface area contributed by atoms with E-state index < -0.39 is 0 Å². The SMILES string of the molecule is CCCCCC(=O)Nc1ccc(Cl)c(-c2ccc(CO)o2)c1. The second-order valence-corrected chi connectivity index (χ2v) is 5.53. The predicted octanol–water partition coefficient (Wildman–Crippen LogP) is 4.61. The van der Waals surface area contributed by atoms with Crippen LogP contribution < -0.4 is 5.32 Å². The number of halogens is 1. The number of carbonyl (C=O) groups excluding carboxylic acids is 1. The summed E-state index contributed by atoms with van der Waals surface area (Å²) in [6, 6.07) is 8.71. The first-order valence-electron chi connectivity index (χ1n) is 7.43. The van der Waals surface area contributed by atoms with Crippen LogP contribution in [-0.4, -0.2) is 11.0 Å². The van der Waals surface area contributed by atoms with Gasteiger partial charge in [-0.05, 0) is 36.8 Å². The lowest BCUT2D eigenvalue weighted by atomic mass is 10.1. The third kappa shape index (κ3) is 4.36. The number of nitrogens with one attached hydrogen (secondary N) is 1. The summed E-state index contributed by atoms with van der Waals surface area (Å²) >= 11 is 6.19. The zero-order valence-electron chi connectivity index (χ0n) is 12.6. The third-order valence-electron chi connectivity index (χ3n) is 3.34. The Hall–Kier alpha value is -1.78. The molecule has 0 atom stereocenters. The summed E-state index contributed by atoms with van der Waals surface area (Å²) in [5.41, 5.74) is 1.37. The molecule has 22 heavy (non-hydrogen) atoms. The van der Waals surface area contributed by atoms with Crippen LogP contribution in [0, 0.1) is 0 Å². The molecule has 1 heterocycles. The molecular weight excluding hydrogens is 302 g/mol. The standard InChI is InChI=1S/C17H20ClNO3/c1-2-3-4-5-17(21)19-12-6-8-15(18)14(10-12)16-9-7-13(11-20)22-16/h6-10,20H,2-5,11H2,1H3,(H,19,21). The summed E-state index contributed by atoms with van der Waals surface area (Å²) in [4.78, 5) is 11.9. The van der Waals surface area contributed by atoms with E-state index in [9.17, 15) is 4.79 Å². The number of anilines is 1. The maximum atomic E-state index is 11.9.